The average Bonchev–Trinajstić information content (AvgIpc) is 3.33. The second kappa shape index (κ2) is 10.7. The maximum absolute atomic E-state index is 12.1. The fourth-order valence-electron chi connectivity index (χ4n) is 3.04. The number of nitrogens with one attached hydrogen (secondary N) is 1. The molecule has 0 bridgehead atoms. The van der Waals surface area contributed by atoms with Crippen LogP contribution in [-0.2, 0) is 40.8 Å². The number of nitrogens with zero attached hydrogens (tertiary/aromatic N) is 3. The fraction of sp³-hybridized carbons (Fsp3) is 0.500. The minimum Gasteiger partial charge on any atom is -0.371 e. The van der Waals surface area contributed by atoms with Gasteiger partial charge in [-0.3, -0.25) is 23.4 Å². The van der Waals surface area contributed by atoms with E-state index in [2.05, 4.69) is 34.7 Å². The van der Waals surface area contributed by atoms with Crippen LogP contribution in [-0.4, -0.2) is 66.7 Å². The molecule has 0 amide bonds. The van der Waals surface area contributed by atoms with Crippen molar-refractivity contribution in [2.24, 2.45) is 0 Å². The number of nitrogens with two attached hydrogens (primary N) is 1. The molecular weight excluding hydrogens is 539 g/mol. The van der Waals surface area contributed by atoms with Gasteiger partial charge in [0.05, 0.1) is 25.6 Å². The summed E-state index contributed by atoms with van der Waals surface area (Å²) in [6.07, 6.45) is 0.252. The molecule has 0 aliphatic carbocycles. The molecule has 3 heterocycles. The Morgan fingerprint density at radius 3 is 2.63 bits per heavy atom. The number of imidazole rings is 1. The number of phosphoric acid groups is 3. The van der Waals surface area contributed by atoms with Crippen molar-refractivity contribution in [2.75, 3.05) is 26.1 Å². The van der Waals surface area contributed by atoms with E-state index >= 15 is 0 Å². The molecule has 2 aromatic heterocycles. The van der Waals surface area contributed by atoms with Crippen molar-refractivity contribution in [2.45, 2.75) is 24.9 Å². The van der Waals surface area contributed by atoms with Crippen LogP contribution in [0, 0.1) is 0 Å². The normalized spacial score (nSPS) is 25.7. The lowest BCUT2D eigenvalue weighted by Crippen LogP contribution is -2.29. The highest BCUT2D eigenvalue weighted by atomic mass is 31.3. The van der Waals surface area contributed by atoms with Gasteiger partial charge in [-0.05, 0) is 0 Å². The highest BCUT2D eigenvalue weighted by Gasteiger charge is 2.44. The zero-order valence-corrected chi connectivity index (χ0v) is 20.6. The van der Waals surface area contributed by atoms with Crippen LogP contribution in [0.25, 0.3) is 11.2 Å². The Morgan fingerprint density at radius 2 is 1.97 bits per heavy atom. The second-order valence-corrected chi connectivity index (χ2v) is 11.6. The molecule has 0 aromatic carbocycles. The highest BCUT2D eigenvalue weighted by Crippen LogP contribution is 2.67. The van der Waals surface area contributed by atoms with Gasteiger partial charge in [0.1, 0.15) is 12.3 Å². The van der Waals surface area contributed by atoms with E-state index in [9.17, 15) is 28.3 Å². The van der Waals surface area contributed by atoms with Crippen molar-refractivity contribution in [3.8, 4) is 0 Å². The Kier molecular flexibility index (Phi) is 8.49. The molecule has 3 rings (SSSR count). The van der Waals surface area contributed by atoms with Gasteiger partial charge in [-0.2, -0.15) is 13.6 Å². The van der Waals surface area contributed by atoms with Gasteiger partial charge in [-0.15, -0.1) is 6.58 Å². The monoisotopic (exact) mass is 561 g/mol. The van der Waals surface area contributed by atoms with Crippen LogP contribution in [0.2, 0.25) is 0 Å². The van der Waals surface area contributed by atoms with E-state index < -0.39 is 54.1 Å². The molecule has 1 aliphatic rings. The first-order valence-corrected chi connectivity index (χ1v) is 14.0. The summed E-state index contributed by atoms with van der Waals surface area (Å²) in [5, 5.41) is 0. The van der Waals surface area contributed by atoms with E-state index in [0.717, 1.165) is 0 Å². The van der Waals surface area contributed by atoms with E-state index in [-0.39, 0.29) is 30.1 Å². The summed E-state index contributed by atoms with van der Waals surface area (Å²) in [6.45, 7) is 2.91. The summed E-state index contributed by atoms with van der Waals surface area (Å²) in [5.74, 6) is -0.156. The Labute approximate surface area is 196 Å². The SMILES string of the molecule is C=CCOC1C[C@H](n2cnc3c(=O)[nH]c(N)nc32)O[C@@H]1COP(=O)(O)OP(=O)(O)OP(=O)(O)OC. The first kappa shape index (κ1) is 27.8. The number of phosphoric ester groups is 2. The average molecular weight is 561 g/mol. The molecule has 1 saturated heterocycles. The van der Waals surface area contributed by atoms with Gasteiger partial charge in [0.15, 0.2) is 11.2 Å². The van der Waals surface area contributed by atoms with Crippen LogP contribution in [0.1, 0.15) is 12.6 Å². The van der Waals surface area contributed by atoms with Crippen LogP contribution >= 0.6 is 23.5 Å². The summed E-state index contributed by atoms with van der Waals surface area (Å²) in [5.41, 5.74) is 5.13. The van der Waals surface area contributed by atoms with E-state index in [1.165, 1.54) is 17.0 Å². The molecule has 6 N–H and O–H groups in total. The lowest BCUT2D eigenvalue weighted by atomic mass is 10.2. The van der Waals surface area contributed by atoms with E-state index in [4.69, 9.17) is 24.6 Å². The predicted octanol–water partition coefficient (Wildman–Crippen LogP) is 0.558. The third kappa shape index (κ3) is 7.13. The molecule has 35 heavy (non-hydrogen) atoms. The number of ether oxygens (including phenoxy) is 2. The van der Waals surface area contributed by atoms with Crippen LogP contribution in [0.3, 0.4) is 0 Å². The predicted molar refractivity (Wildman–Crippen MR) is 116 cm³/mol. The van der Waals surface area contributed by atoms with Gasteiger partial charge in [0.2, 0.25) is 5.95 Å². The lowest BCUT2D eigenvalue weighted by Gasteiger charge is -2.21. The number of rotatable bonds is 12. The topological polar surface area (TPSA) is 257 Å². The highest BCUT2D eigenvalue weighted by molar-refractivity contribution is 7.66. The number of anilines is 1. The van der Waals surface area contributed by atoms with Crippen LogP contribution in [0.5, 0.6) is 0 Å². The summed E-state index contributed by atoms with van der Waals surface area (Å²) in [7, 11) is -15.2. The van der Waals surface area contributed by atoms with E-state index in [1.807, 2.05) is 0 Å². The van der Waals surface area contributed by atoms with Crippen molar-refractivity contribution >= 4 is 40.6 Å². The second-order valence-electron chi connectivity index (χ2n) is 6.85. The number of hydrogen-bond acceptors (Lipinski definition) is 13. The summed E-state index contributed by atoms with van der Waals surface area (Å²) in [6, 6.07) is 0. The number of aromatic nitrogens is 4. The van der Waals surface area contributed by atoms with Gasteiger partial charge < -0.3 is 29.9 Å². The molecule has 6 atom stereocenters. The Hall–Kier alpha value is -1.78. The number of nitrogen functional groups attached to an aromatic ring is 1. The van der Waals surface area contributed by atoms with Crippen LogP contribution < -0.4 is 11.3 Å². The van der Waals surface area contributed by atoms with Crippen molar-refractivity contribution in [1.82, 2.24) is 19.5 Å². The zero-order chi connectivity index (χ0) is 26.0. The van der Waals surface area contributed by atoms with E-state index in [0.29, 0.717) is 7.11 Å². The molecule has 21 heteroatoms. The molecule has 0 spiro atoms. The molecule has 1 aliphatic heterocycles. The Balaban J connectivity index is 1.74. The van der Waals surface area contributed by atoms with Crippen molar-refractivity contribution in [3.05, 3.63) is 29.3 Å². The summed E-state index contributed by atoms with van der Waals surface area (Å²) < 4.78 is 64.5. The molecule has 0 saturated carbocycles. The molecule has 1 fully saturated rings. The largest absolute Gasteiger partial charge is 0.490 e. The maximum atomic E-state index is 12.1. The molecule has 18 nitrogen and oxygen atoms in total. The van der Waals surface area contributed by atoms with E-state index in [1.54, 1.807) is 0 Å². The first-order chi connectivity index (χ1) is 16.3. The number of H-pyrrole nitrogens is 1. The van der Waals surface area contributed by atoms with Crippen LogP contribution in [0.4, 0.5) is 5.95 Å². The molecule has 4 unspecified atom stereocenters. The molecule has 0 radical (unpaired) electrons. The summed E-state index contributed by atoms with van der Waals surface area (Å²) >= 11 is 0. The first-order valence-electron chi connectivity index (χ1n) is 9.47. The third-order valence-electron chi connectivity index (χ3n) is 4.41. The van der Waals surface area contributed by atoms with Crippen molar-refractivity contribution < 1.29 is 55.5 Å². The standard InChI is InChI=1S/C14H22N5O13P3/c1-3-4-28-8-5-10(19-7-16-11-12(19)17-14(15)18-13(11)20)30-9(8)6-29-34(23,24)32-35(25,26)31-33(21,22)27-2/h3,7-10H,1,4-6H2,2H3,(H,21,22)(H,23,24)(H,25,26)(H3,15,17,18,20)/t8?,9-,10-/m1/s1. The van der Waals surface area contributed by atoms with Gasteiger partial charge in [0.25, 0.3) is 5.56 Å². The fourth-order valence-corrected chi connectivity index (χ4v) is 6.31. The number of hydrogen-bond donors (Lipinski definition) is 5. The van der Waals surface area contributed by atoms with Gasteiger partial charge in [0, 0.05) is 13.5 Å². The quantitative estimate of drug-likeness (QED) is 0.175. The van der Waals surface area contributed by atoms with Crippen molar-refractivity contribution in [1.29, 1.82) is 0 Å². The van der Waals surface area contributed by atoms with Gasteiger partial charge >= 0.3 is 23.5 Å². The van der Waals surface area contributed by atoms with Crippen LogP contribution in [0.15, 0.2) is 23.8 Å². The number of fused-ring (bicyclic) bond motifs is 1. The van der Waals surface area contributed by atoms with Gasteiger partial charge in [-0.1, -0.05) is 6.08 Å². The Morgan fingerprint density at radius 1 is 1.29 bits per heavy atom. The maximum Gasteiger partial charge on any atom is 0.490 e. The van der Waals surface area contributed by atoms with Crippen molar-refractivity contribution in [3.63, 3.8) is 0 Å². The molecule has 2 aromatic rings. The minimum atomic E-state index is -5.56. The Bertz CT molecular complexity index is 1280. The third-order valence-corrected chi connectivity index (χ3v) is 8.65. The smallest absolute Gasteiger partial charge is 0.371 e. The minimum absolute atomic E-state index is 0.00440. The number of aromatic amines is 1. The lowest BCUT2D eigenvalue weighted by molar-refractivity contribution is -0.0551. The van der Waals surface area contributed by atoms with Gasteiger partial charge in [-0.25, -0.2) is 18.7 Å². The summed E-state index contributed by atoms with van der Waals surface area (Å²) in [4.78, 5) is 50.7. The zero-order valence-electron chi connectivity index (χ0n) is 17.9. The molecular formula is C14H22N5O13P3. The molecule has 196 valence electrons.